The van der Waals surface area contributed by atoms with Crippen LogP contribution in [0.2, 0.25) is 0 Å². The van der Waals surface area contributed by atoms with E-state index in [0.717, 1.165) is 67.2 Å². The molecule has 8 nitrogen and oxygen atoms in total. The van der Waals surface area contributed by atoms with Crippen LogP contribution in [0.5, 0.6) is 0 Å². The predicted molar refractivity (Wildman–Crippen MR) is 136 cm³/mol. The monoisotopic (exact) mass is 525 g/mol. The van der Waals surface area contributed by atoms with Gasteiger partial charge >= 0.3 is 35.7 Å². The van der Waals surface area contributed by atoms with Crippen LogP contribution in [0.3, 0.4) is 0 Å². The van der Waals surface area contributed by atoms with Crippen molar-refractivity contribution in [1.82, 2.24) is 4.90 Å². The molecule has 1 saturated heterocycles. The maximum Gasteiger partial charge on any atom is 1.00 e. The van der Waals surface area contributed by atoms with Crippen LogP contribution >= 0.6 is 0 Å². The summed E-state index contributed by atoms with van der Waals surface area (Å²) >= 11 is 0. The molecule has 0 unspecified atom stereocenters. The fourth-order valence-corrected chi connectivity index (χ4v) is 6.37. The average Bonchev–Trinajstić information content (AvgIpc) is 3.50. The number of sulfonamides is 1. The number of anilines is 1. The van der Waals surface area contributed by atoms with Crippen molar-refractivity contribution in [2.45, 2.75) is 96.6 Å². The number of carbonyl (C=O) groups is 2. The van der Waals surface area contributed by atoms with Crippen molar-refractivity contribution in [3.63, 3.8) is 0 Å². The molecule has 0 spiro atoms. The van der Waals surface area contributed by atoms with E-state index in [2.05, 4.69) is 16.1 Å². The maximum atomic E-state index is 12.8. The standard InChI is InChI=1S/C26H37N3O5S.Na/c1-5-26(13-8-15-29(26)24(31)34-25(2,3)4)14-16-35(32,33)28-23(30)27-22-20-11-6-9-18(20)17-19-10-7-12-21(19)22;/h14,16-17H,5-13,15H2,1-4H3,(H2,27,28,30);/q;+1/p-1/b16-14+;/t26-;/m0./s1. The van der Waals surface area contributed by atoms with Gasteiger partial charge in [0.15, 0.2) is 16.1 Å². The molecule has 1 aromatic carbocycles. The second kappa shape index (κ2) is 11.1. The van der Waals surface area contributed by atoms with Crippen molar-refractivity contribution in [1.29, 1.82) is 0 Å². The van der Waals surface area contributed by atoms with Crippen LogP contribution in [0.1, 0.15) is 82.1 Å². The summed E-state index contributed by atoms with van der Waals surface area (Å²) in [5.41, 5.74) is 4.05. The molecule has 3 aliphatic rings. The van der Waals surface area contributed by atoms with Gasteiger partial charge < -0.3 is 14.8 Å². The summed E-state index contributed by atoms with van der Waals surface area (Å²) in [5.74, 6) is 0. The van der Waals surface area contributed by atoms with E-state index in [0.29, 0.717) is 19.4 Å². The molecule has 1 fully saturated rings. The third-order valence-corrected chi connectivity index (χ3v) is 8.12. The molecule has 0 bridgehead atoms. The number of hydrogen-bond acceptors (Lipinski definition) is 5. The fourth-order valence-electron chi connectivity index (χ4n) is 5.61. The molecule has 192 valence electrons. The number of benzene rings is 1. The first-order valence-corrected chi connectivity index (χ1v) is 14.1. The Hall–Kier alpha value is -1.55. The van der Waals surface area contributed by atoms with Gasteiger partial charge in [-0.3, -0.25) is 9.69 Å². The molecule has 0 saturated carbocycles. The molecule has 1 N–H and O–H groups in total. The van der Waals surface area contributed by atoms with Crippen LogP contribution in [-0.2, 0) is 40.4 Å². The van der Waals surface area contributed by atoms with Gasteiger partial charge in [-0.05, 0) is 113 Å². The third-order valence-electron chi connectivity index (χ3n) is 7.22. The van der Waals surface area contributed by atoms with Gasteiger partial charge in [0.2, 0.25) is 0 Å². The number of urea groups is 1. The Morgan fingerprint density at radius 1 is 1.11 bits per heavy atom. The van der Waals surface area contributed by atoms with Gasteiger partial charge in [-0.2, -0.15) is 0 Å². The number of nitrogens with zero attached hydrogens (tertiary/aromatic N) is 2. The second-order valence-electron chi connectivity index (χ2n) is 10.8. The van der Waals surface area contributed by atoms with Crippen LogP contribution in [0.15, 0.2) is 17.6 Å². The van der Waals surface area contributed by atoms with Gasteiger partial charge in [-0.25, -0.2) is 13.2 Å². The van der Waals surface area contributed by atoms with E-state index in [1.54, 1.807) is 25.7 Å². The Morgan fingerprint density at radius 3 is 2.28 bits per heavy atom. The van der Waals surface area contributed by atoms with Gasteiger partial charge in [-0.15, -0.1) is 0 Å². The third kappa shape index (κ3) is 6.29. The smallest absolute Gasteiger partial charge is 0.444 e. The molecule has 1 aliphatic heterocycles. The van der Waals surface area contributed by atoms with E-state index in [1.165, 1.54) is 17.2 Å². The summed E-state index contributed by atoms with van der Waals surface area (Å²) in [5, 5.41) is 3.76. The normalized spacial score (nSPS) is 21.2. The summed E-state index contributed by atoms with van der Waals surface area (Å²) in [7, 11) is -4.20. The molecule has 10 heteroatoms. The van der Waals surface area contributed by atoms with Crippen LogP contribution in [0, 0.1) is 0 Å². The first-order chi connectivity index (χ1) is 16.4. The quantitative estimate of drug-likeness (QED) is 0.595. The van der Waals surface area contributed by atoms with Crippen LogP contribution in [-0.4, -0.2) is 43.1 Å². The van der Waals surface area contributed by atoms with E-state index in [1.807, 2.05) is 6.92 Å². The molecule has 2 aliphatic carbocycles. The minimum absolute atomic E-state index is 0. The van der Waals surface area contributed by atoms with E-state index in [-0.39, 0.29) is 29.6 Å². The van der Waals surface area contributed by atoms with Gasteiger partial charge in [0.25, 0.3) is 0 Å². The largest absolute Gasteiger partial charge is 1.00 e. The molecule has 0 radical (unpaired) electrons. The van der Waals surface area contributed by atoms with Gasteiger partial charge in [-0.1, -0.05) is 13.0 Å². The Balaban J connectivity index is 0.00000361. The zero-order valence-electron chi connectivity index (χ0n) is 22.1. The number of fused-ring (bicyclic) bond motifs is 2. The minimum Gasteiger partial charge on any atom is -0.444 e. The van der Waals surface area contributed by atoms with Crippen LogP contribution in [0.4, 0.5) is 15.3 Å². The number of carbonyl (C=O) groups excluding carboxylic acids is 2. The molecule has 36 heavy (non-hydrogen) atoms. The first-order valence-electron chi connectivity index (χ1n) is 12.6. The zero-order chi connectivity index (χ0) is 25.4. The molecule has 3 amide bonds. The number of hydrogen-bond donors (Lipinski definition) is 1. The van der Waals surface area contributed by atoms with E-state index >= 15 is 0 Å². The van der Waals surface area contributed by atoms with Crippen LogP contribution < -0.4 is 34.9 Å². The Labute approximate surface area is 236 Å². The van der Waals surface area contributed by atoms with Crippen molar-refractivity contribution >= 4 is 27.8 Å². The first kappa shape index (κ1) is 29.0. The Morgan fingerprint density at radius 2 is 1.72 bits per heavy atom. The maximum absolute atomic E-state index is 12.8. The summed E-state index contributed by atoms with van der Waals surface area (Å²) < 4.78 is 34.6. The van der Waals surface area contributed by atoms with Gasteiger partial charge in [0.1, 0.15) is 5.60 Å². The molecule has 4 rings (SSSR count). The zero-order valence-corrected chi connectivity index (χ0v) is 25.0. The Kier molecular flexibility index (Phi) is 8.91. The van der Waals surface area contributed by atoms with E-state index in [4.69, 9.17) is 4.74 Å². The number of likely N-dealkylation sites (tertiary alicyclic amines) is 1. The number of rotatable bonds is 5. The summed E-state index contributed by atoms with van der Waals surface area (Å²) in [6.45, 7) is 7.77. The summed E-state index contributed by atoms with van der Waals surface area (Å²) in [6, 6.07) is 1.36. The van der Waals surface area contributed by atoms with Crippen LogP contribution in [0.25, 0.3) is 4.72 Å². The molecular weight excluding hydrogens is 489 g/mol. The second-order valence-corrected chi connectivity index (χ2v) is 12.3. The van der Waals surface area contributed by atoms with E-state index in [9.17, 15) is 18.0 Å². The average molecular weight is 526 g/mol. The van der Waals surface area contributed by atoms with Crippen molar-refractivity contribution < 1.29 is 52.3 Å². The summed E-state index contributed by atoms with van der Waals surface area (Å²) in [4.78, 5) is 27.1. The number of aryl methyl sites for hydroxylation is 2. The number of nitrogens with one attached hydrogen (secondary N) is 1. The summed E-state index contributed by atoms with van der Waals surface area (Å²) in [6.07, 6.45) is 8.69. The van der Waals surface area contributed by atoms with Crippen molar-refractivity contribution in [2.75, 3.05) is 11.9 Å². The van der Waals surface area contributed by atoms with E-state index < -0.39 is 33.3 Å². The molecular formula is C26H36N3NaO5S. The van der Waals surface area contributed by atoms with Crippen molar-refractivity contribution in [2.24, 2.45) is 0 Å². The SMILES string of the molecule is CC[C@@]1(/C=C/S(=O)(=O)[N-]C(=O)Nc2c3c(cc4c2CCC4)CCC3)CCCN1C(=O)OC(C)(C)C.[Na+]. The topological polar surface area (TPSA) is 107 Å². The minimum atomic E-state index is -4.20. The van der Waals surface area contributed by atoms with Crippen molar-refractivity contribution in [3.8, 4) is 0 Å². The number of amides is 3. The molecule has 1 heterocycles. The molecule has 0 aromatic heterocycles. The molecule has 1 aromatic rings. The van der Waals surface area contributed by atoms with Crippen molar-refractivity contribution in [3.05, 3.63) is 44.5 Å². The predicted octanol–water partition coefficient (Wildman–Crippen LogP) is 2.60. The Bertz CT molecular complexity index is 1130. The molecule has 1 atom stereocenters. The fraction of sp³-hybridized carbons (Fsp3) is 0.615. The number of ether oxygens (including phenoxy) is 1. The van der Waals surface area contributed by atoms with Gasteiger partial charge in [0, 0.05) is 12.0 Å². The van der Waals surface area contributed by atoms with Gasteiger partial charge in [0.05, 0.1) is 5.54 Å².